The first kappa shape index (κ1) is 13.6. The molecule has 0 aromatic rings. The predicted molar refractivity (Wildman–Crippen MR) is 67.7 cm³/mol. The fraction of sp³-hybridized carbons (Fsp3) is 0.778. The van der Waals surface area contributed by atoms with Crippen LogP contribution in [0, 0.1) is 0 Å². The Morgan fingerprint density at radius 3 is 1.79 bits per heavy atom. The quantitative estimate of drug-likeness (QED) is 0.315. The van der Waals surface area contributed by atoms with Gasteiger partial charge in [-0.3, -0.25) is 0 Å². The van der Waals surface area contributed by atoms with Gasteiger partial charge in [0, 0.05) is 12.6 Å². The molecule has 0 radical (unpaired) electrons. The third kappa shape index (κ3) is 4.71. The molecule has 5 heteroatoms. The molecular formula is C9H22N2OSi2. The van der Waals surface area contributed by atoms with E-state index < -0.39 is 16.5 Å². The van der Waals surface area contributed by atoms with E-state index in [2.05, 4.69) is 48.7 Å². The van der Waals surface area contributed by atoms with Crippen molar-refractivity contribution in [2.75, 3.05) is 0 Å². The molecule has 0 unspecified atom stereocenters. The number of rotatable bonds is 5. The summed E-state index contributed by atoms with van der Waals surface area (Å²) < 4.78 is 2.30. The van der Waals surface area contributed by atoms with E-state index in [0.717, 1.165) is 6.29 Å². The molecular weight excluding hydrogens is 208 g/mol. The average molecular weight is 230 g/mol. The standard InChI is InChI=1S/C9H22N2OSi2/c1-13(2,3)11(14(4,5)6)10-8-7-9-12/h8-9H,7H2,1-6H3/b10-8+. The lowest BCUT2D eigenvalue weighted by Gasteiger charge is -2.41. The van der Waals surface area contributed by atoms with E-state index in [4.69, 9.17) is 0 Å². The van der Waals surface area contributed by atoms with Gasteiger partial charge in [-0.2, -0.15) is 0 Å². The van der Waals surface area contributed by atoms with Crippen molar-refractivity contribution in [3.8, 4) is 0 Å². The summed E-state index contributed by atoms with van der Waals surface area (Å²) >= 11 is 0. The van der Waals surface area contributed by atoms with E-state index in [-0.39, 0.29) is 0 Å². The van der Waals surface area contributed by atoms with Crippen LogP contribution in [0.4, 0.5) is 0 Å². The largest absolute Gasteiger partial charge is 0.350 e. The number of carbonyl (C=O) groups excluding carboxylic acids is 1. The number of nitrogens with zero attached hydrogens (tertiary/aromatic N) is 2. The molecule has 0 rings (SSSR count). The van der Waals surface area contributed by atoms with Crippen molar-refractivity contribution in [1.29, 1.82) is 0 Å². The smallest absolute Gasteiger partial charge is 0.158 e. The van der Waals surface area contributed by atoms with Crippen LogP contribution in [0.1, 0.15) is 6.42 Å². The van der Waals surface area contributed by atoms with Gasteiger partial charge in [0.2, 0.25) is 0 Å². The number of hydrogen-bond donors (Lipinski definition) is 0. The first-order valence-corrected chi connectivity index (χ1v) is 11.9. The monoisotopic (exact) mass is 230 g/mol. The molecule has 0 saturated heterocycles. The van der Waals surface area contributed by atoms with Gasteiger partial charge in [-0.05, 0) is 0 Å². The molecule has 82 valence electrons. The Kier molecular flexibility index (Phi) is 4.73. The van der Waals surface area contributed by atoms with Crippen molar-refractivity contribution >= 4 is 29.0 Å². The third-order valence-corrected chi connectivity index (χ3v) is 8.47. The zero-order valence-electron chi connectivity index (χ0n) is 10.2. The topological polar surface area (TPSA) is 32.7 Å². The van der Waals surface area contributed by atoms with E-state index in [9.17, 15) is 4.79 Å². The normalized spacial score (nSPS) is 13.3. The molecule has 0 saturated carbocycles. The SMILES string of the molecule is C[Si](C)(C)N(/N=C/CC=O)[Si](C)(C)C. The summed E-state index contributed by atoms with van der Waals surface area (Å²) in [6.45, 7) is 13.7. The fourth-order valence-electron chi connectivity index (χ4n) is 1.52. The van der Waals surface area contributed by atoms with Crippen LogP contribution in [0.3, 0.4) is 0 Å². The highest BCUT2D eigenvalue weighted by atomic mass is 28.4. The Balaban J connectivity index is 4.67. The minimum Gasteiger partial charge on any atom is -0.350 e. The third-order valence-electron chi connectivity index (χ3n) is 1.67. The molecule has 0 aliphatic rings. The Morgan fingerprint density at radius 1 is 1.07 bits per heavy atom. The second-order valence-corrected chi connectivity index (χ2v) is 15.3. The van der Waals surface area contributed by atoms with Crippen LogP contribution in [0.2, 0.25) is 39.3 Å². The predicted octanol–water partition coefficient (Wildman–Crippen LogP) is 2.53. The zero-order valence-corrected chi connectivity index (χ0v) is 12.2. The molecule has 0 fully saturated rings. The highest BCUT2D eigenvalue weighted by Crippen LogP contribution is 2.19. The molecule has 0 aliphatic carbocycles. The maximum Gasteiger partial charge on any atom is 0.158 e. The fourth-order valence-corrected chi connectivity index (χ4v) is 10.4. The van der Waals surface area contributed by atoms with Crippen molar-refractivity contribution in [2.24, 2.45) is 5.10 Å². The van der Waals surface area contributed by atoms with Gasteiger partial charge in [0.25, 0.3) is 0 Å². The van der Waals surface area contributed by atoms with E-state index in [1.54, 1.807) is 6.21 Å². The maximum atomic E-state index is 10.2. The summed E-state index contributed by atoms with van der Waals surface area (Å²) in [6.07, 6.45) is 3.03. The van der Waals surface area contributed by atoms with Crippen molar-refractivity contribution in [3.63, 3.8) is 0 Å². The molecule has 0 aliphatic heterocycles. The number of hydrazone groups is 1. The van der Waals surface area contributed by atoms with E-state index >= 15 is 0 Å². The Bertz CT molecular complexity index is 202. The van der Waals surface area contributed by atoms with Crippen LogP contribution < -0.4 is 0 Å². The van der Waals surface area contributed by atoms with E-state index in [1.807, 2.05) is 0 Å². The molecule has 0 aromatic heterocycles. The highest BCUT2D eigenvalue weighted by molar-refractivity contribution is 6.89. The second kappa shape index (κ2) is 4.88. The van der Waals surface area contributed by atoms with Crippen LogP contribution in [0.15, 0.2) is 5.10 Å². The van der Waals surface area contributed by atoms with Gasteiger partial charge in [0.15, 0.2) is 16.5 Å². The maximum absolute atomic E-state index is 10.2. The van der Waals surface area contributed by atoms with Crippen molar-refractivity contribution < 1.29 is 4.79 Å². The van der Waals surface area contributed by atoms with Crippen LogP contribution in [0.5, 0.6) is 0 Å². The summed E-state index contributed by atoms with van der Waals surface area (Å²) in [6, 6.07) is 0. The van der Waals surface area contributed by atoms with Crippen LogP contribution in [-0.4, -0.2) is 33.3 Å². The summed E-state index contributed by atoms with van der Waals surface area (Å²) in [5.74, 6) is 0. The van der Waals surface area contributed by atoms with Gasteiger partial charge in [0.1, 0.15) is 6.29 Å². The first-order chi connectivity index (χ1) is 6.19. The molecule has 0 atom stereocenters. The van der Waals surface area contributed by atoms with Gasteiger partial charge in [0.05, 0.1) is 0 Å². The molecule has 0 heterocycles. The lowest BCUT2D eigenvalue weighted by atomic mass is 10.5. The van der Waals surface area contributed by atoms with Crippen LogP contribution in [-0.2, 0) is 4.79 Å². The molecule has 14 heavy (non-hydrogen) atoms. The van der Waals surface area contributed by atoms with Gasteiger partial charge < -0.3 is 9.13 Å². The van der Waals surface area contributed by atoms with Crippen molar-refractivity contribution in [3.05, 3.63) is 0 Å². The summed E-state index contributed by atoms with van der Waals surface area (Å²) in [5.41, 5.74) is 0. The summed E-state index contributed by atoms with van der Waals surface area (Å²) in [5, 5.41) is 4.46. The van der Waals surface area contributed by atoms with Gasteiger partial charge >= 0.3 is 0 Å². The first-order valence-electron chi connectivity index (χ1n) is 4.96. The number of carbonyl (C=O) groups is 1. The minimum absolute atomic E-state index is 0.422. The molecule has 3 nitrogen and oxygen atoms in total. The van der Waals surface area contributed by atoms with Crippen LogP contribution in [0.25, 0.3) is 0 Å². The molecule has 0 amide bonds. The molecule has 0 N–H and O–H groups in total. The number of aldehydes is 1. The Morgan fingerprint density at radius 2 is 1.50 bits per heavy atom. The minimum atomic E-state index is -1.39. The van der Waals surface area contributed by atoms with E-state index in [1.165, 1.54) is 0 Å². The zero-order chi connectivity index (χ0) is 11.4. The second-order valence-electron chi connectivity index (χ2n) is 5.35. The summed E-state index contributed by atoms with van der Waals surface area (Å²) in [4.78, 5) is 10.2. The number of hydrogen-bond acceptors (Lipinski definition) is 3. The lowest BCUT2D eigenvalue weighted by molar-refractivity contribution is -0.106. The lowest BCUT2D eigenvalue weighted by Crippen LogP contribution is -2.55. The molecule has 0 aromatic carbocycles. The Labute approximate surface area is 89.4 Å². The molecule has 0 spiro atoms. The highest BCUT2D eigenvalue weighted by Gasteiger charge is 2.33. The van der Waals surface area contributed by atoms with Crippen LogP contribution >= 0.6 is 0 Å². The van der Waals surface area contributed by atoms with Gasteiger partial charge in [-0.25, -0.2) is 5.10 Å². The molecule has 0 bridgehead atoms. The average Bonchev–Trinajstić information content (AvgIpc) is 1.92. The van der Waals surface area contributed by atoms with Crippen molar-refractivity contribution in [1.82, 2.24) is 4.34 Å². The summed E-state index contributed by atoms with van der Waals surface area (Å²) in [7, 11) is -2.78. The van der Waals surface area contributed by atoms with E-state index in [0.29, 0.717) is 6.42 Å². The Hall–Kier alpha value is -0.426. The van der Waals surface area contributed by atoms with Gasteiger partial charge in [-0.15, -0.1) is 0 Å². The van der Waals surface area contributed by atoms with Gasteiger partial charge in [-0.1, -0.05) is 39.3 Å². The van der Waals surface area contributed by atoms with Crippen molar-refractivity contribution in [2.45, 2.75) is 45.7 Å².